The van der Waals surface area contributed by atoms with Gasteiger partial charge in [-0.25, -0.2) is 0 Å². The fourth-order valence-corrected chi connectivity index (χ4v) is 2.74. The van der Waals surface area contributed by atoms with Gasteiger partial charge in [-0.15, -0.1) is 0 Å². The molecule has 1 aliphatic heterocycles. The Morgan fingerprint density at radius 3 is 2.23 bits per heavy atom. The molecule has 0 bridgehead atoms. The molecular formula is C19H36O3. The van der Waals surface area contributed by atoms with E-state index in [1.807, 2.05) is 27.7 Å². The molecule has 1 unspecified atom stereocenters. The summed E-state index contributed by atoms with van der Waals surface area (Å²) >= 11 is 0. The van der Waals surface area contributed by atoms with E-state index in [0.29, 0.717) is 13.0 Å². The van der Waals surface area contributed by atoms with Crippen molar-refractivity contribution in [2.24, 2.45) is 11.3 Å². The molecule has 0 aromatic carbocycles. The molecule has 1 atom stereocenters. The maximum Gasteiger partial charge on any atom is 0.306 e. The Hall–Kier alpha value is -0.990. The summed E-state index contributed by atoms with van der Waals surface area (Å²) in [6.07, 6.45) is 5.27. The van der Waals surface area contributed by atoms with Gasteiger partial charge in [-0.05, 0) is 46.5 Å². The third-order valence-corrected chi connectivity index (χ3v) is 3.57. The lowest BCUT2D eigenvalue weighted by Gasteiger charge is -2.26. The first kappa shape index (κ1) is 21.0. The van der Waals surface area contributed by atoms with Gasteiger partial charge in [0, 0.05) is 5.41 Å². The van der Waals surface area contributed by atoms with Gasteiger partial charge in [-0.2, -0.15) is 0 Å². The number of hydrogen-bond acceptors (Lipinski definition) is 3. The second kappa shape index (κ2) is 9.22. The summed E-state index contributed by atoms with van der Waals surface area (Å²) in [5.74, 6) is 1.50. The molecule has 22 heavy (non-hydrogen) atoms. The third kappa shape index (κ3) is 9.86. The van der Waals surface area contributed by atoms with Crippen LogP contribution in [-0.2, 0) is 14.3 Å². The van der Waals surface area contributed by atoms with Crippen LogP contribution in [0.5, 0.6) is 0 Å². The Balaban J connectivity index is 0.000000472. The van der Waals surface area contributed by atoms with Crippen LogP contribution in [0.1, 0.15) is 80.6 Å². The van der Waals surface area contributed by atoms with E-state index in [0.717, 1.165) is 30.9 Å². The summed E-state index contributed by atoms with van der Waals surface area (Å²) in [7, 11) is 0. The Morgan fingerprint density at radius 1 is 1.36 bits per heavy atom. The van der Waals surface area contributed by atoms with Crippen LogP contribution >= 0.6 is 0 Å². The average molecular weight is 312 g/mol. The minimum Gasteiger partial charge on any atom is -0.493 e. The van der Waals surface area contributed by atoms with Crippen molar-refractivity contribution in [2.45, 2.75) is 86.2 Å². The zero-order chi connectivity index (χ0) is 17.4. The molecular weight excluding hydrogens is 276 g/mol. The molecule has 0 N–H and O–H groups in total. The van der Waals surface area contributed by atoms with E-state index in [9.17, 15) is 4.79 Å². The van der Waals surface area contributed by atoms with Crippen LogP contribution in [-0.4, -0.2) is 18.2 Å². The first-order chi connectivity index (χ1) is 9.99. The fraction of sp³-hybridized carbons (Fsp3) is 0.842. The van der Waals surface area contributed by atoms with Crippen molar-refractivity contribution in [2.75, 3.05) is 6.61 Å². The van der Waals surface area contributed by atoms with Crippen LogP contribution in [0.3, 0.4) is 0 Å². The van der Waals surface area contributed by atoms with Gasteiger partial charge in [0.05, 0.1) is 18.8 Å². The van der Waals surface area contributed by atoms with E-state index in [-0.39, 0.29) is 17.0 Å². The van der Waals surface area contributed by atoms with Crippen molar-refractivity contribution < 1.29 is 14.3 Å². The predicted octanol–water partition coefficient (Wildman–Crippen LogP) is 5.49. The molecule has 1 saturated heterocycles. The Labute approximate surface area is 137 Å². The maximum absolute atomic E-state index is 11.2. The van der Waals surface area contributed by atoms with Crippen LogP contribution in [0.2, 0.25) is 0 Å². The zero-order valence-electron chi connectivity index (χ0n) is 15.8. The smallest absolute Gasteiger partial charge is 0.306 e. The molecule has 1 heterocycles. The number of rotatable bonds is 6. The Bertz CT molecular complexity index is 352. The normalized spacial score (nSPS) is 21.2. The van der Waals surface area contributed by atoms with E-state index in [1.165, 1.54) is 6.42 Å². The number of carbonyl (C=O) groups is 1. The number of allylic oxidation sites excluding steroid dienone is 1. The van der Waals surface area contributed by atoms with Crippen LogP contribution in [0.25, 0.3) is 0 Å². The molecule has 0 aromatic rings. The van der Waals surface area contributed by atoms with Gasteiger partial charge in [0.1, 0.15) is 5.60 Å². The summed E-state index contributed by atoms with van der Waals surface area (Å²) in [6.45, 7) is 18.8. The maximum atomic E-state index is 11.2. The van der Waals surface area contributed by atoms with E-state index in [4.69, 9.17) is 9.47 Å². The molecule has 3 heteroatoms. The second-order valence-corrected chi connectivity index (χ2v) is 7.94. The lowest BCUT2D eigenvalue weighted by atomic mass is 9.77. The molecule has 130 valence electrons. The van der Waals surface area contributed by atoms with Crippen LogP contribution < -0.4 is 0 Å². The molecule has 0 aliphatic carbocycles. The molecule has 1 aliphatic rings. The van der Waals surface area contributed by atoms with Gasteiger partial charge in [-0.3, -0.25) is 4.79 Å². The molecule has 0 saturated carbocycles. The highest BCUT2D eigenvalue weighted by atomic mass is 16.5. The molecule has 1 fully saturated rings. The molecule has 0 aromatic heterocycles. The standard InChI is InChI=1S/C12H22O2.C7H14O/c1-4-6-12(7-5-10(2)3)8-11(13)14-9-12;1-6(2)8-7(3,4)5/h10H,4-9H2,1-3H3;1H2,2-5H3. The van der Waals surface area contributed by atoms with Gasteiger partial charge < -0.3 is 9.47 Å². The van der Waals surface area contributed by atoms with E-state index >= 15 is 0 Å². The number of esters is 1. The van der Waals surface area contributed by atoms with Crippen LogP contribution in [0.15, 0.2) is 12.3 Å². The largest absolute Gasteiger partial charge is 0.493 e. The molecule has 1 rings (SSSR count). The van der Waals surface area contributed by atoms with Gasteiger partial charge >= 0.3 is 5.97 Å². The minimum absolute atomic E-state index is 0.00204. The van der Waals surface area contributed by atoms with Crippen molar-refractivity contribution >= 4 is 5.97 Å². The van der Waals surface area contributed by atoms with Crippen molar-refractivity contribution in [3.05, 3.63) is 12.3 Å². The number of ether oxygens (including phenoxy) is 2. The van der Waals surface area contributed by atoms with E-state index in [2.05, 4.69) is 27.4 Å². The average Bonchev–Trinajstić information content (AvgIpc) is 2.67. The second-order valence-electron chi connectivity index (χ2n) is 7.94. The minimum atomic E-state index is -0.0775. The summed E-state index contributed by atoms with van der Waals surface area (Å²) in [5.41, 5.74) is 0.0991. The molecule has 0 spiro atoms. The fourth-order valence-electron chi connectivity index (χ4n) is 2.74. The Kier molecular flexibility index (Phi) is 8.80. The van der Waals surface area contributed by atoms with E-state index in [1.54, 1.807) is 0 Å². The summed E-state index contributed by atoms with van der Waals surface area (Å²) in [4.78, 5) is 11.2. The lowest BCUT2D eigenvalue weighted by Crippen LogP contribution is -2.21. The summed E-state index contributed by atoms with van der Waals surface area (Å²) in [5, 5.41) is 0. The quantitative estimate of drug-likeness (QED) is 0.480. The molecule has 0 amide bonds. The number of hydrogen-bond donors (Lipinski definition) is 0. The first-order valence-corrected chi connectivity index (χ1v) is 8.50. The first-order valence-electron chi connectivity index (χ1n) is 8.50. The topological polar surface area (TPSA) is 35.5 Å². The Morgan fingerprint density at radius 2 is 1.95 bits per heavy atom. The SMILES string of the molecule is C=C(C)OC(C)(C)C.CCCC1(CCC(C)C)COC(=O)C1. The summed E-state index contributed by atoms with van der Waals surface area (Å²) < 4.78 is 10.4. The van der Waals surface area contributed by atoms with Gasteiger partial charge in [-0.1, -0.05) is 40.2 Å². The van der Waals surface area contributed by atoms with Crippen molar-refractivity contribution in [3.8, 4) is 0 Å². The predicted molar refractivity (Wildman–Crippen MR) is 92.6 cm³/mol. The highest BCUT2D eigenvalue weighted by Gasteiger charge is 2.39. The highest BCUT2D eigenvalue weighted by molar-refractivity contribution is 5.72. The van der Waals surface area contributed by atoms with Crippen molar-refractivity contribution in [3.63, 3.8) is 0 Å². The molecule has 0 radical (unpaired) electrons. The van der Waals surface area contributed by atoms with E-state index < -0.39 is 0 Å². The van der Waals surface area contributed by atoms with Gasteiger partial charge in [0.15, 0.2) is 0 Å². The van der Waals surface area contributed by atoms with Crippen molar-refractivity contribution in [1.82, 2.24) is 0 Å². The number of cyclic esters (lactones) is 1. The summed E-state index contributed by atoms with van der Waals surface area (Å²) in [6, 6.07) is 0. The highest BCUT2D eigenvalue weighted by Crippen LogP contribution is 2.39. The zero-order valence-corrected chi connectivity index (χ0v) is 15.8. The third-order valence-electron chi connectivity index (χ3n) is 3.57. The van der Waals surface area contributed by atoms with Gasteiger partial charge in [0.2, 0.25) is 0 Å². The van der Waals surface area contributed by atoms with Crippen LogP contribution in [0, 0.1) is 11.3 Å². The molecule has 3 nitrogen and oxygen atoms in total. The van der Waals surface area contributed by atoms with Gasteiger partial charge in [0.25, 0.3) is 0 Å². The monoisotopic (exact) mass is 312 g/mol. The van der Waals surface area contributed by atoms with Crippen LogP contribution in [0.4, 0.5) is 0 Å². The van der Waals surface area contributed by atoms with Crippen molar-refractivity contribution in [1.29, 1.82) is 0 Å². The number of carbonyl (C=O) groups excluding carboxylic acids is 1. The lowest BCUT2D eigenvalue weighted by molar-refractivity contribution is -0.137.